The Hall–Kier alpha value is -2.62. The summed E-state index contributed by atoms with van der Waals surface area (Å²) in [5, 5.41) is -0.139. The first-order valence-corrected chi connectivity index (χ1v) is 11.2. The van der Waals surface area contributed by atoms with Gasteiger partial charge in [0.15, 0.2) is 0 Å². The van der Waals surface area contributed by atoms with Crippen LogP contribution in [0, 0.1) is 5.82 Å². The van der Waals surface area contributed by atoms with Crippen LogP contribution in [0.4, 0.5) is 15.8 Å². The lowest BCUT2D eigenvalue weighted by Gasteiger charge is -2.11. The van der Waals surface area contributed by atoms with Gasteiger partial charge >= 0.3 is 0 Å². The zero-order valence-electron chi connectivity index (χ0n) is 14.1. The number of hydrogen-bond donors (Lipinski definition) is 2. The molecule has 28 heavy (non-hydrogen) atoms. The predicted molar refractivity (Wildman–Crippen MR) is 106 cm³/mol. The van der Waals surface area contributed by atoms with E-state index in [0.29, 0.717) is 5.69 Å². The maximum Gasteiger partial charge on any atom is 0.263 e. The lowest BCUT2D eigenvalue weighted by molar-refractivity contribution is 0.595. The third-order valence-electron chi connectivity index (χ3n) is 3.63. The van der Waals surface area contributed by atoms with Crippen molar-refractivity contribution in [1.29, 1.82) is 0 Å². The van der Waals surface area contributed by atoms with Gasteiger partial charge in [0.25, 0.3) is 20.0 Å². The number of anilines is 2. The summed E-state index contributed by atoms with van der Waals surface area (Å²) < 4.78 is 67.6. The quantitative estimate of drug-likeness (QED) is 0.604. The van der Waals surface area contributed by atoms with Crippen LogP contribution >= 0.6 is 11.6 Å². The zero-order valence-corrected chi connectivity index (χ0v) is 16.5. The number of benzene rings is 3. The molecule has 3 aromatic carbocycles. The molecular formula is C18H14ClFN2O4S2. The molecule has 0 aliphatic heterocycles. The molecule has 0 spiro atoms. The molecule has 0 radical (unpaired) electrons. The van der Waals surface area contributed by atoms with E-state index in [4.69, 9.17) is 11.6 Å². The number of rotatable bonds is 6. The second kappa shape index (κ2) is 7.78. The number of nitrogens with one attached hydrogen (secondary N) is 2. The fraction of sp³-hybridized carbons (Fsp3) is 0. The van der Waals surface area contributed by atoms with Gasteiger partial charge in [-0.05, 0) is 54.6 Å². The van der Waals surface area contributed by atoms with Gasteiger partial charge in [-0.1, -0.05) is 29.8 Å². The van der Waals surface area contributed by atoms with Crippen molar-refractivity contribution in [2.75, 3.05) is 9.44 Å². The fourth-order valence-corrected chi connectivity index (χ4v) is 4.95. The van der Waals surface area contributed by atoms with E-state index in [1.165, 1.54) is 24.3 Å². The van der Waals surface area contributed by atoms with E-state index in [2.05, 4.69) is 9.44 Å². The van der Waals surface area contributed by atoms with Gasteiger partial charge in [-0.2, -0.15) is 0 Å². The Balaban J connectivity index is 1.82. The third-order valence-corrected chi connectivity index (χ3v) is 6.89. The van der Waals surface area contributed by atoms with Gasteiger partial charge in [-0.3, -0.25) is 9.44 Å². The first-order valence-electron chi connectivity index (χ1n) is 7.83. The molecule has 0 heterocycles. The van der Waals surface area contributed by atoms with Crippen LogP contribution in [0.25, 0.3) is 0 Å². The van der Waals surface area contributed by atoms with E-state index in [1.807, 2.05) is 0 Å². The monoisotopic (exact) mass is 440 g/mol. The zero-order chi connectivity index (χ0) is 20.4. The molecule has 0 fully saturated rings. The van der Waals surface area contributed by atoms with Crippen molar-refractivity contribution in [3.63, 3.8) is 0 Å². The van der Waals surface area contributed by atoms with Crippen LogP contribution in [-0.2, 0) is 20.0 Å². The van der Waals surface area contributed by atoms with Crippen molar-refractivity contribution < 1.29 is 21.2 Å². The smallest absolute Gasteiger partial charge is 0.263 e. The normalized spacial score (nSPS) is 11.8. The van der Waals surface area contributed by atoms with Crippen molar-refractivity contribution in [1.82, 2.24) is 0 Å². The van der Waals surface area contributed by atoms with Crippen LogP contribution in [-0.4, -0.2) is 16.8 Å². The van der Waals surface area contributed by atoms with Gasteiger partial charge in [0.1, 0.15) is 10.7 Å². The van der Waals surface area contributed by atoms with Gasteiger partial charge in [0.2, 0.25) is 0 Å². The molecule has 2 N–H and O–H groups in total. The number of halogens is 2. The molecule has 146 valence electrons. The lowest BCUT2D eigenvalue weighted by Crippen LogP contribution is -2.15. The van der Waals surface area contributed by atoms with E-state index in [9.17, 15) is 21.2 Å². The SMILES string of the molecule is O=S(=O)(Nc1ccccc1)c1ccc(NS(=O)(=O)c2cc(F)ccc2Cl)cc1. The Bertz CT molecular complexity index is 1200. The summed E-state index contributed by atoms with van der Waals surface area (Å²) in [6.45, 7) is 0. The van der Waals surface area contributed by atoms with E-state index in [0.717, 1.165) is 18.2 Å². The van der Waals surface area contributed by atoms with Gasteiger partial charge in [-0.25, -0.2) is 21.2 Å². The first kappa shape index (κ1) is 20.1. The highest BCUT2D eigenvalue weighted by Crippen LogP contribution is 2.25. The van der Waals surface area contributed by atoms with Crippen LogP contribution in [0.5, 0.6) is 0 Å². The van der Waals surface area contributed by atoms with E-state index in [-0.39, 0.29) is 15.6 Å². The van der Waals surface area contributed by atoms with Crippen molar-refractivity contribution in [3.8, 4) is 0 Å². The van der Waals surface area contributed by atoms with Crippen LogP contribution in [0.2, 0.25) is 5.02 Å². The molecule has 0 bridgehead atoms. The second-order valence-electron chi connectivity index (χ2n) is 5.68. The Kier molecular flexibility index (Phi) is 5.59. The molecule has 0 unspecified atom stereocenters. The van der Waals surface area contributed by atoms with Crippen LogP contribution in [0.15, 0.2) is 82.6 Å². The Morgan fingerprint density at radius 1 is 0.714 bits per heavy atom. The van der Waals surface area contributed by atoms with Crippen LogP contribution in [0.3, 0.4) is 0 Å². The molecule has 10 heteroatoms. The molecule has 0 aliphatic rings. The van der Waals surface area contributed by atoms with E-state index >= 15 is 0 Å². The summed E-state index contributed by atoms with van der Waals surface area (Å²) in [6, 6.07) is 16.4. The minimum absolute atomic E-state index is 0.0527. The molecule has 0 saturated carbocycles. The summed E-state index contributed by atoms with van der Waals surface area (Å²) >= 11 is 5.84. The van der Waals surface area contributed by atoms with E-state index < -0.39 is 30.8 Å². The molecule has 0 aromatic heterocycles. The van der Waals surface area contributed by atoms with Crippen molar-refractivity contribution in [2.45, 2.75) is 9.79 Å². The van der Waals surface area contributed by atoms with Crippen LogP contribution in [0.1, 0.15) is 0 Å². The summed E-state index contributed by atoms with van der Waals surface area (Å²) in [6.07, 6.45) is 0. The predicted octanol–water partition coefficient (Wildman–Crippen LogP) is 4.08. The Morgan fingerprint density at radius 3 is 1.93 bits per heavy atom. The number of hydrogen-bond acceptors (Lipinski definition) is 4. The number of para-hydroxylation sites is 1. The molecule has 6 nitrogen and oxygen atoms in total. The highest BCUT2D eigenvalue weighted by molar-refractivity contribution is 7.93. The van der Waals surface area contributed by atoms with Gasteiger partial charge in [0.05, 0.1) is 9.92 Å². The van der Waals surface area contributed by atoms with Gasteiger partial charge < -0.3 is 0 Å². The summed E-state index contributed by atoms with van der Waals surface area (Å²) in [4.78, 5) is -0.473. The molecule has 0 saturated heterocycles. The molecule has 0 amide bonds. The number of sulfonamides is 2. The molecule has 3 rings (SSSR count). The van der Waals surface area contributed by atoms with Gasteiger partial charge in [0, 0.05) is 11.4 Å². The average Bonchev–Trinajstić information content (AvgIpc) is 2.64. The summed E-state index contributed by atoms with van der Waals surface area (Å²) in [7, 11) is -7.99. The highest BCUT2D eigenvalue weighted by atomic mass is 35.5. The lowest BCUT2D eigenvalue weighted by atomic mass is 10.3. The minimum Gasteiger partial charge on any atom is -0.280 e. The summed E-state index contributed by atoms with van der Waals surface area (Å²) in [5.74, 6) is -0.752. The average molecular weight is 441 g/mol. The third kappa shape index (κ3) is 4.61. The topological polar surface area (TPSA) is 92.3 Å². The largest absolute Gasteiger partial charge is 0.280 e. The molecule has 3 aromatic rings. The fourth-order valence-electron chi connectivity index (χ4n) is 2.32. The van der Waals surface area contributed by atoms with Crippen LogP contribution < -0.4 is 9.44 Å². The van der Waals surface area contributed by atoms with Crippen molar-refractivity contribution >= 4 is 43.0 Å². The van der Waals surface area contributed by atoms with Crippen molar-refractivity contribution in [3.05, 3.63) is 83.6 Å². The molecule has 0 aliphatic carbocycles. The Morgan fingerprint density at radius 2 is 1.29 bits per heavy atom. The van der Waals surface area contributed by atoms with Crippen molar-refractivity contribution in [2.24, 2.45) is 0 Å². The Labute approximate surface area is 167 Å². The first-order chi connectivity index (χ1) is 13.2. The highest BCUT2D eigenvalue weighted by Gasteiger charge is 2.20. The van der Waals surface area contributed by atoms with E-state index in [1.54, 1.807) is 30.3 Å². The standard InChI is InChI=1S/C18H14ClFN2O4S2/c19-17-11-6-13(20)12-18(17)28(25,26)22-15-7-9-16(10-8-15)27(23,24)21-14-4-2-1-3-5-14/h1-12,21-22H. The maximum absolute atomic E-state index is 13.4. The minimum atomic E-state index is -4.15. The maximum atomic E-state index is 13.4. The summed E-state index contributed by atoms with van der Waals surface area (Å²) in [5.41, 5.74) is 0.493. The molecular weight excluding hydrogens is 427 g/mol. The second-order valence-corrected chi connectivity index (χ2v) is 9.42. The van der Waals surface area contributed by atoms with Gasteiger partial charge in [-0.15, -0.1) is 0 Å². The molecule has 0 atom stereocenters.